The van der Waals surface area contributed by atoms with Gasteiger partial charge in [0.15, 0.2) is 0 Å². The van der Waals surface area contributed by atoms with Crippen molar-refractivity contribution in [1.82, 2.24) is 15.0 Å². The highest BCUT2D eigenvalue weighted by Crippen LogP contribution is 2.20. The van der Waals surface area contributed by atoms with Gasteiger partial charge in [0.2, 0.25) is 11.9 Å². The first-order valence-corrected chi connectivity index (χ1v) is 7.26. The van der Waals surface area contributed by atoms with Crippen molar-refractivity contribution in [2.24, 2.45) is 5.41 Å². The maximum absolute atomic E-state index is 5.56. The Morgan fingerprint density at radius 3 is 2.15 bits per heavy atom. The van der Waals surface area contributed by atoms with Gasteiger partial charge in [-0.3, -0.25) is 0 Å². The molecule has 0 radical (unpaired) electrons. The molecule has 2 N–H and O–H groups in total. The van der Waals surface area contributed by atoms with Crippen molar-refractivity contribution >= 4 is 11.9 Å². The highest BCUT2D eigenvalue weighted by atomic mass is 16.5. The minimum atomic E-state index is 0.0341. The minimum absolute atomic E-state index is 0.0341. The quantitative estimate of drug-likeness (QED) is 0.763. The fraction of sp³-hybridized carbons (Fsp3) is 0.786. The Morgan fingerprint density at radius 1 is 1.05 bits per heavy atom. The van der Waals surface area contributed by atoms with Crippen LogP contribution in [-0.2, 0) is 0 Å². The number of anilines is 2. The van der Waals surface area contributed by atoms with Crippen LogP contribution in [0.15, 0.2) is 0 Å². The van der Waals surface area contributed by atoms with E-state index in [0.29, 0.717) is 17.9 Å². The SMILES string of the molecule is CCNc1nc(NCC(C)(C)CC)nc(OC(C)C)n1. The maximum atomic E-state index is 5.56. The molecular weight excluding hydrogens is 254 g/mol. The summed E-state index contributed by atoms with van der Waals surface area (Å²) in [6.45, 7) is 14.0. The lowest BCUT2D eigenvalue weighted by molar-refractivity contribution is 0.222. The van der Waals surface area contributed by atoms with E-state index in [0.717, 1.165) is 19.5 Å². The van der Waals surface area contributed by atoms with Gasteiger partial charge in [-0.15, -0.1) is 0 Å². The van der Waals surface area contributed by atoms with Crippen LogP contribution in [0.4, 0.5) is 11.9 Å². The summed E-state index contributed by atoms with van der Waals surface area (Å²) in [5.41, 5.74) is 0.198. The molecule has 0 atom stereocenters. The maximum Gasteiger partial charge on any atom is 0.323 e. The van der Waals surface area contributed by atoms with Gasteiger partial charge in [-0.25, -0.2) is 0 Å². The van der Waals surface area contributed by atoms with Crippen LogP contribution in [0.1, 0.15) is 48.0 Å². The molecule has 20 heavy (non-hydrogen) atoms. The van der Waals surface area contributed by atoms with E-state index in [1.165, 1.54) is 0 Å². The first-order chi connectivity index (χ1) is 9.36. The van der Waals surface area contributed by atoms with Gasteiger partial charge in [-0.05, 0) is 32.6 Å². The molecular formula is C14H27N5O. The molecule has 0 aromatic carbocycles. The number of nitrogens with zero attached hydrogens (tertiary/aromatic N) is 3. The summed E-state index contributed by atoms with van der Waals surface area (Å²) in [6.07, 6.45) is 1.12. The van der Waals surface area contributed by atoms with E-state index in [9.17, 15) is 0 Å². The van der Waals surface area contributed by atoms with Gasteiger partial charge in [0.25, 0.3) is 0 Å². The second-order valence-corrected chi connectivity index (χ2v) is 5.83. The molecule has 114 valence electrons. The Labute approximate surface area is 121 Å². The number of hydrogen-bond donors (Lipinski definition) is 2. The first-order valence-electron chi connectivity index (χ1n) is 7.26. The first kappa shape index (κ1) is 16.5. The van der Waals surface area contributed by atoms with Crippen LogP contribution >= 0.6 is 0 Å². The summed E-state index contributed by atoms with van der Waals surface area (Å²) >= 11 is 0. The molecule has 0 aliphatic carbocycles. The van der Waals surface area contributed by atoms with Gasteiger partial charge in [-0.2, -0.15) is 15.0 Å². The third-order valence-corrected chi connectivity index (χ3v) is 2.97. The van der Waals surface area contributed by atoms with E-state index in [2.05, 4.69) is 46.4 Å². The molecule has 1 aromatic heterocycles. The molecule has 1 rings (SSSR count). The van der Waals surface area contributed by atoms with E-state index in [4.69, 9.17) is 4.74 Å². The number of ether oxygens (including phenoxy) is 1. The molecule has 0 bridgehead atoms. The second kappa shape index (κ2) is 7.26. The van der Waals surface area contributed by atoms with Crippen molar-refractivity contribution in [3.8, 4) is 6.01 Å². The van der Waals surface area contributed by atoms with Gasteiger partial charge in [0.05, 0.1) is 6.10 Å². The molecule has 0 aliphatic heterocycles. The van der Waals surface area contributed by atoms with E-state index >= 15 is 0 Å². The van der Waals surface area contributed by atoms with Crippen molar-refractivity contribution in [2.45, 2.75) is 54.1 Å². The van der Waals surface area contributed by atoms with Crippen molar-refractivity contribution in [3.63, 3.8) is 0 Å². The predicted octanol–water partition coefficient (Wildman–Crippen LogP) is 2.94. The molecule has 0 unspecified atom stereocenters. The van der Waals surface area contributed by atoms with E-state index < -0.39 is 0 Å². The number of aromatic nitrogens is 3. The second-order valence-electron chi connectivity index (χ2n) is 5.83. The van der Waals surface area contributed by atoms with Crippen LogP contribution in [0.5, 0.6) is 6.01 Å². The smallest absolute Gasteiger partial charge is 0.323 e. The average Bonchev–Trinajstić information content (AvgIpc) is 2.36. The molecule has 1 heterocycles. The molecule has 0 aliphatic rings. The molecule has 0 amide bonds. The Hall–Kier alpha value is -1.59. The Kier molecular flexibility index (Phi) is 5.98. The lowest BCUT2D eigenvalue weighted by Gasteiger charge is -2.23. The number of nitrogens with one attached hydrogen (secondary N) is 2. The third kappa shape index (κ3) is 5.59. The number of hydrogen-bond acceptors (Lipinski definition) is 6. The lowest BCUT2D eigenvalue weighted by atomic mass is 9.90. The Bertz CT molecular complexity index is 420. The van der Waals surface area contributed by atoms with Crippen LogP contribution in [0, 0.1) is 5.41 Å². The van der Waals surface area contributed by atoms with Crippen LogP contribution in [-0.4, -0.2) is 34.1 Å². The predicted molar refractivity (Wildman–Crippen MR) is 82.3 cm³/mol. The summed E-state index contributed by atoms with van der Waals surface area (Å²) in [4.78, 5) is 12.9. The zero-order chi connectivity index (χ0) is 15.2. The topological polar surface area (TPSA) is 72.0 Å². The fourth-order valence-corrected chi connectivity index (χ4v) is 1.38. The molecule has 0 saturated heterocycles. The normalized spacial score (nSPS) is 11.6. The van der Waals surface area contributed by atoms with Crippen LogP contribution in [0.25, 0.3) is 0 Å². The highest BCUT2D eigenvalue weighted by Gasteiger charge is 2.16. The van der Waals surface area contributed by atoms with Gasteiger partial charge in [0.1, 0.15) is 0 Å². The van der Waals surface area contributed by atoms with E-state index in [1.807, 2.05) is 20.8 Å². The van der Waals surface area contributed by atoms with Crippen molar-refractivity contribution < 1.29 is 4.74 Å². The fourth-order valence-electron chi connectivity index (χ4n) is 1.38. The molecule has 0 fully saturated rings. The zero-order valence-corrected chi connectivity index (χ0v) is 13.4. The molecule has 6 heteroatoms. The van der Waals surface area contributed by atoms with Gasteiger partial charge >= 0.3 is 6.01 Å². The molecule has 0 saturated carbocycles. The molecule has 6 nitrogen and oxygen atoms in total. The summed E-state index contributed by atoms with van der Waals surface area (Å²) in [5, 5.41) is 6.36. The molecule has 0 spiro atoms. The van der Waals surface area contributed by atoms with Crippen LogP contribution in [0.2, 0.25) is 0 Å². The third-order valence-electron chi connectivity index (χ3n) is 2.97. The standard InChI is InChI=1S/C14H27N5O/c1-7-14(5,6)9-16-12-17-11(15-8-2)18-13(19-12)20-10(3)4/h10H,7-9H2,1-6H3,(H2,15,16,17,18,19). The Balaban J connectivity index is 2.85. The minimum Gasteiger partial charge on any atom is -0.461 e. The van der Waals surface area contributed by atoms with Crippen LogP contribution in [0.3, 0.4) is 0 Å². The van der Waals surface area contributed by atoms with Gasteiger partial charge < -0.3 is 15.4 Å². The Morgan fingerprint density at radius 2 is 1.65 bits per heavy atom. The van der Waals surface area contributed by atoms with Crippen molar-refractivity contribution in [2.75, 3.05) is 23.7 Å². The zero-order valence-electron chi connectivity index (χ0n) is 13.4. The molecule has 1 aromatic rings. The average molecular weight is 281 g/mol. The number of rotatable bonds is 8. The van der Waals surface area contributed by atoms with E-state index in [1.54, 1.807) is 0 Å². The summed E-state index contributed by atoms with van der Waals surface area (Å²) in [5.74, 6) is 1.09. The van der Waals surface area contributed by atoms with Crippen LogP contribution < -0.4 is 15.4 Å². The summed E-state index contributed by atoms with van der Waals surface area (Å²) in [6, 6.07) is 0.350. The van der Waals surface area contributed by atoms with Gasteiger partial charge in [0, 0.05) is 13.1 Å². The lowest BCUT2D eigenvalue weighted by Crippen LogP contribution is -2.23. The van der Waals surface area contributed by atoms with Crippen molar-refractivity contribution in [1.29, 1.82) is 0 Å². The van der Waals surface area contributed by atoms with Gasteiger partial charge in [-0.1, -0.05) is 20.8 Å². The van der Waals surface area contributed by atoms with Crippen molar-refractivity contribution in [3.05, 3.63) is 0 Å². The highest BCUT2D eigenvalue weighted by molar-refractivity contribution is 5.35. The summed E-state index contributed by atoms with van der Waals surface area (Å²) < 4.78 is 5.56. The largest absolute Gasteiger partial charge is 0.461 e. The summed E-state index contributed by atoms with van der Waals surface area (Å²) in [7, 11) is 0. The monoisotopic (exact) mass is 281 g/mol. The van der Waals surface area contributed by atoms with E-state index in [-0.39, 0.29) is 11.5 Å².